The molecule has 0 aliphatic rings. The Kier molecular flexibility index (Phi) is 3.94. The Balaban J connectivity index is 2.15. The Morgan fingerprint density at radius 1 is 1.55 bits per heavy atom. The van der Waals surface area contributed by atoms with Crippen molar-refractivity contribution in [2.24, 2.45) is 0 Å². The quantitative estimate of drug-likeness (QED) is 0.855. The molecule has 2 aromatic rings. The first-order valence-electron chi connectivity index (χ1n) is 5.95. The molecule has 1 aromatic heterocycles. The van der Waals surface area contributed by atoms with Crippen LogP contribution >= 0.6 is 11.6 Å². The number of benzene rings is 1. The van der Waals surface area contributed by atoms with Gasteiger partial charge in [0.15, 0.2) is 0 Å². The molecule has 1 unspecified atom stereocenters. The molecule has 20 heavy (non-hydrogen) atoms. The summed E-state index contributed by atoms with van der Waals surface area (Å²) in [6.07, 6.45) is 1.58. The molecule has 0 fully saturated rings. The summed E-state index contributed by atoms with van der Waals surface area (Å²) in [5, 5.41) is 7.26. The maximum absolute atomic E-state index is 12.9. The monoisotopic (exact) mass is 296 g/mol. The first-order chi connectivity index (χ1) is 9.38. The molecule has 1 atom stereocenters. The summed E-state index contributed by atoms with van der Waals surface area (Å²) < 4.78 is 14.4. The number of aryl methyl sites for hydroxylation is 1. The van der Waals surface area contributed by atoms with Crippen LogP contribution in [0.3, 0.4) is 0 Å². The number of nitrogens with one attached hydrogen (secondary N) is 1. The van der Waals surface area contributed by atoms with E-state index in [0.29, 0.717) is 16.4 Å². The van der Waals surface area contributed by atoms with Crippen LogP contribution in [0, 0.1) is 12.7 Å². The number of amides is 1. The minimum absolute atomic E-state index is 0.167. The van der Waals surface area contributed by atoms with E-state index in [0.717, 1.165) is 6.07 Å². The number of halogens is 2. The maximum atomic E-state index is 12.9. The SMILES string of the molecule is Cc1nn(C(C)C(=O)Nc2ccc(F)cc2N)cc1Cl. The molecule has 7 heteroatoms. The number of nitrogens with two attached hydrogens (primary N) is 1. The number of hydrogen-bond donors (Lipinski definition) is 2. The van der Waals surface area contributed by atoms with Crippen molar-refractivity contribution in [3.63, 3.8) is 0 Å². The minimum Gasteiger partial charge on any atom is -0.397 e. The number of nitrogens with zero attached hydrogens (tertiary/aromatic N) is 2. The van der Waals surface area contributed by atoms with Gasteiger partial charge < -0.3 is 11.1 Å². The van der Waals surface area contributed by atoms with Gasteiger partial charge in [0.25, 0.3) is 0 Å². The normalized spacial score (nSPS) is 12.2. The van der Waals surface area contributed by atoms with Crippen molar-refractivity contribution >= 4 is 28.9 Å². The highest BCUT2D eigenvalue weighted by atomic mass is 35.5. The van der Waals surface area contributed by atoms with Gasteiger partial charge in [-0.15, -0.1) is 0 Å². The third kappa shape index (κ3) is 2.91. The van der Waals surface area contributed by atoms with Crippen molar-refractivity contribution in [2.75, 3.05) is 11.1 Å². The molecule has 0 aliphatic carbocycles. The van der Waals surface area contributed by atoms with Crippen LogP contribution in [0.2, 0.25) is 5.02 Å². The zero-order valence-electron chi connectivity index (χ0n) is 11.0. The van der Waals surface area contributed by atoms with E-state index in [-0.39, 0.29) is 11.6 Å². The molecule has 0 spiro atoms. The summed E-state index contributed by atoms with van der Waals surface area (Å²) in [5.74, 6) is -0.773. The molecule has 5 nitrogen and oxygen atoms in total. The van der Waals surface area contributed by atoms with Gasteiger partial charge in [-0.2, -0.15) is 5.10 Å². The van der Waals surface area contributed by atoms with Gasteiger partial charge in [0.05, 0.1) is 22.1 Å². The van der Waals surface area contributed by atoms with Gasteiger partial charge in [0.2, 0.25) is 5.91 Å². The van der Waals surface area contributed by atoms with Gasteiger partial charge in [-0.3, -0.25) is 9.48 Å². The molecular formula is C13H14ClFN4O. The van der Waals surface area contributed by atoms with E-state index in [9.17, 15) is 9.18 Å². The number of hydrogen-bond acceptors (Lipinski definition) is 3. The average molecular weight is 297 g/mol. The topological polar surface area (TPSA) is 72.9 Å². The van der Waals surface area contributed by atoms with E-state index in [1.807, 2.05) is 0 Å². The second kappa shape index (κ2) is 5.50. The summed E-state index contributed by atoms with van der Waals surface area (Å²) in [5.41, 5.74) is 6.81. The van der Waals surface area contributed by atoms with Crippen LogP contribution in [0.4, 0.5) is 15.8 Å². The van der Waals surface area contributed by atoms with Crippen LogP contribution in [0.15, 0.2) is 24.4 Å². The second-order valence-electron chi connectivity index (χ2n) is 4.44. The Bertz CT molecular complexity index is 636. The predicted octanol–water partition coefficient (Wildman–Crippen LogP) is 2.77. The van der Waals surface area contributed by atoms with Crippen LogP contribution in [0.1, 0.15) is 18.7 Å². The Morgan fingerprint density at radius 3 is 2.80 bits per heavy atom. The molecule has 1 amide bonds. The van der Waals surface area contributed by atoms with Crippen LogP contribution in [0.25, 0.3) is 0 Å². The number of carbonyl (C=O) groups is 1. The number of nitrogen functional groups attached to an aromatic ring is 1. The lowest BCUT2D eigenvalue weighted by Gasteiger charge is -2.14. The molecule has 3 N–H and O–H groups in total. The summed E-state index contributed by atoms with van der Waals surface area (Å²) in [4.78, 5) is 12.1. The molecule has 106 valence electrons. The van der Waals surface area contributed by atoms with Gasteiger partial charge in [-0.1, -0.05) is 11.6 Å². The van der Waals surface area contributed by atoms with E-state index in [1.165, 1.54) is 16.8 Å². The maximum Gasteiger partial charge on any atom is 0.249 e. The van der Waals surface area contributed by atoms with Crippen LogP contribution < -0.4 is 11.1 Å². The Morgan fingerprint density at radius 2 is 2.25 bits per heavy atom. The Labute approximate surface area is 120 Å². The lowest BCUT2D eigenvalue weighted by atomic mass is 10.2. The fraction of sp³-hybridized carbons (Fsp3) is 0.231. The van der Waals surface area contributed by atoms with Gasteiger partial charge >= 0.3 is 0 Å². The third-order valence-corrected chi connectivity index (χ3v) is 3.28. The molecule has 0 aliphatic heterocycles. The van der Waals surface area contributed by atoms with Crippen LogP contribution in [-0.2, 0) is 4.79 Å². The van der Waals surface area contributed by atoms with Crippen molar-refractivity contribution in [1.82, 2.24) is 9.78 Å². The van der Waals surface area contributed by atoms with E-state index in [4.69, 9.17) is 17.3 Å². The van der Waals surface area contributed by atoms with Crippen molar-refractivity contribution in [3.05, 3.63) is 40.9 Å². The van der Waals surface area contributed by atoms with Gasteiger partial charge in [-0.25, -0.2) is 4.39 Å². The number of carbonyl (C=O) groups excluding carboxylic acids is 1. The zero-order chi connectivity index (χ0) is 14.9. The molecule has 2 rings (SSSR count). The van der Waals surface area contributed by atoms with E-state index < -0.39 is 11.9 Å². The van der Waals surface area contributed by atoms with E-state index in [1.54, 1.807) is 20.0 Å². The van der Waals surface area contributed by atoms with Gasteiger partial charge in [0, 0.05) is 6.20 Å². The van der Waals surface area contributed by atoms with Crippen molar-refractivity contribution in [3.8, 4) is 0 Å². The number of aromatic nitrogens is 2. The van der Waals surface area contributed by atoms with Crippen molar-refractivity contribution < 1.29 is 9.18 Å². The smallest absolute Gasteiger partial charge is 0.249 e. The van der Waals surface area contributed by atoms with Gasteiger partial charge in [0.1, 0.15) is 11.9 Å². The Hall–Kier alpha value is -2.08. The molecule has 0 radical (unpaired) electrons. The van der Waals surface area contributed by atoms with Crippen LogP contribution in [0.5, 0.6) is 0 Å². The minimum atomic E-state index is -0.564. The second-order valence-corrected chi connectivity index (χ2v) is 4.85. The highest BCUT2D eigenvalue weighted by Crippen LogP contribution is 2.21. The third-order valence-electron chi connectivity index (χ3n) is 2.90. The summed E-state index contributed by atoms with van der Waals surface area (Å²) >= 11 is 5.90. The van der Waals surface area contributed by atoms with Crippen LogP contribution in [-0.4, -0.2) is 15.7 Å². The number of anilines is 2. The van der Waals surface area contributed by atoms with Crippen molar-refractivity contribution in [1.29, 1.82) is 0 Å². The lowest BCUT2D eigenvalue weighted by molar-refractivity contribution is -0.119. The average Bonchev–Trinajstić information content (AvgIpc) is 2.72. The first-order valence-corrected chi connectivity index (χ1v) is 6.33. The number of rotatable bonds is 3. The highest BCUT2D eigenvalue weighted by molar-refractivity contribution is 6.31. The molecule has 0 bridgehead atoms. The fourth-order valence-corrected chi connectivity index (χ4v) is 1.80. The molecule has 0 saturated carbocycles. The summed E-state index contributed by atoms with van der Waals surface area (Å²) in [6.45, 7) is 3.43. The van der Waals surface area contributed by atoms with Gasteiger partial charge in [-0.05, 0) is 32.0 Å². The first kappa shape index (κ1) is 14.3. The molecule has 0 saturated heterocycles. The zero-order valence-corrected chi connectivity index (χ0v) is 11.8. The largest absolute Gasteiger partial charge is 0.397 e. The van der Waals surface area contributed by atoms with E-state index >= 15 is 0 Å². The summed E-state index contributed by atoms with van der Waals surface area (Å²) in [7, 11) is 0. The van der Waals surface area contributed by atoms with E-state index in [2.05, 4.69) is 10.4 Å². The molecular weight excluding hydrogens is 283 g/mol. The standard InChI is InChI=1S/C13H14ClFN4O/c1-7-10(14)6-19(18-7)8(2)13(20)17-12-4-3-9(15)5-11(12)16/h3-6,8H,16H2,1-2H3,(H,17,20). The molecule has 1 heterocycles. The molecule has 1 aromatic carbocycles. The summed E-state index contributed by atoms with van der Waals surface area (Å²) in [6, 6.07) is 3.22. The predicted molar refractivity (Wildman–Crippen MR) is 76.1 cm³/mol. The lowest BCUT2D eigenvalue weighted by Crippen LogP contribution is -2.24. The van der Waals surface area contributed by atoms with Crippen molar-refractivity contribution in [2.45, 2.75) is 19.9 Å². The highest BCUT2D eigenvalue weighted by Gasteiger charge is 2.18. The fourth-order valence-electron chi connectivity index (χ4n) is 1.66.